The number of carboxylic acids is 1. The number of halogens is 2. The first-order valence-corrected chi connectivity index (χ1v) is 15.0. The largest absolute Gasteiger partial charge is 0.509 e. The lowest BCUT2D eigenvalue weighted by Gasteiger charge is -2.61. The fourth-order valence-corrected chi connectivity index (χ4v) is 10.8. The summed E-state index contributed by atoms with van der Waals surface area (Å²) >= 11 is 0. The molecule has 6 rings (SSSR count). The van der Waals surface area contributed by atoms with E-state index in [1.807, 2.05) is 0 Å². The van der Waals surface area contributed by atoms with Gasteiger partial charge in [0.25, 0.3) is 0 Å². The highest BCUT2D eigenvalue weighted by Crippen LogP contribution is 2.72. The van der Waals surface area contributed by atoms with Crippen LogP contribution in [0, 0.1) is 45.3 Å². The second-order valence-electron chi connectivity index (χ2n) is 15.1. The SMILES string of the molecule is C[C@@H]1C[C@H]2[C@@H]3CC(F)=C4CC(=O)C=C[C@]4(C)[C@@]3(F)[C@@H](O)C[C@]2(C)[C@@]1(OC(=O)O[C@H]1C[C@@H]2CC[C@@]1(C)C2(C)C)C(=O)O. The Bertz CT molecular complexity index is 1290. The van der Waals surface area contributed by atoms with E-state index in [9.17, 15) is 24.6 Å². The molecule has 0 heterocycles. The molecule has 7 nitrogen and oxygen atoms in total. The van der Waals surface area contributed by atoms with Gasteiger partial charge in [-0.2, -0.15) is 0 Å². The molecule has 2 N–H and O–H groups in total. The highest BCUT2D eigenvalue weighted by molar-refractivity contribution is 5.93. The van der Waals surface area contributed by atoms with Crippen molar-refractivity contribution in [1.82, 2.24) is 0 Å². The van der Waals surface area contributed by atoms with Crippen molar-refractivity contribution in [2.45, 2.75) is 110 Å². The molecular formula is C32H42F2O7. The molecule has 0 amide bonds. The molecule has 0 unspecified atom stereocenters. The number of ketones is 1. The molecule has 6 aliphatic rings. The number of fused-ring (bicyclic) bond motifs is 7. The van der Waals surface area contributed by atoms with Gasteiger partial charge in [0.2, 0.25) is 5.60 Å². The van der Waals surface area contributed by atoms with Crippen LogP contribution in [0.5, 0.6) is 0 Å². The Morgan fingerprint density at radius 2 is 1.76 bits per heavy atom. The molecule has 4 fully saturated rings. The van der Waals surface area contributed by atoms with Crippen LogP contribution in [0.2, 0.25) is 0 Å². The fraction of sp³-hybridized carbons (Fsp3) is 0.781. The number of hydrogen-bond acceptors (Lipinski definition) is 6. The van der Waals surface area contributed by atoms with Crippen molar-refractivity contribution in [3.8, 4) is 0 Å². The van der Waals surface area contributed by atoms with Crippen molar-refractivity contribution < 1.29 is 42.9 Å². The average Bonchev–Trinajstić information content (AvgIpc) is 3.32. The first-order chi connectivity index (χ1) is 18.9. The fourth-order valence-electron chi connectivity index (χ4n) is 10.8. The lowest BCUT2D eigenvalue weighted by molar-refractivity contribution is -0.227. The van der Waals surface area contributed by atoms with Gasteiger partial charge in [-0.25, -0.2) is 18.4 Å². The smallest absolute Gasteiger partial charge is 0.478 e. The minimum atomic E-state index is -2.34. The van der Waals surface area contributed by atoms with E-state index in [4.69, 9.17) is 9.47 Å². The molecule has 226 valence electrons. The topological polar surface area (TPSA) is 110 Å². The van der Waals surface area contributed by atoms with Crippen LogP contribution in [-0.2, 0) is 19.1 Å². The zero-order valence-electron chi connectivity index (χ0n) is 24.8. The second kappa shape index (κ2) is 8.42. The molecule has 4 saturated carbocycles. The Labute approximate surface area is 239 Å². The van der Waals surface area contributed by atoms with E-state index in [1.54, 1.807) is 13.8 Å². The third-order valence-corrected chi connectivity index (χ3v) is 13.7. The van der Waals surface area contributed by atoms with Gasteiger partial charge in [0.05, 0.1) is 6.10 Å². The molecule has 9 heteroatoms. The minimum absolute atomic E-state index is 0.0379. The van der Waals surface area contributed by atoms with Crippen molar-refractivity contribution in [3.63, 3.8) is 0 Å². The summed E-state index contributed by atoms with van der Waals surface area (Å²) in [7, 11) is 0. The molecule has 0 spiro atoms. The molecule has 6 aliphatic carbocycles. The first-order valence-electron chi connectivity index (χ1n) is 15.0. The monoisotopic (exact) mass is 576 g/mol. The van der Waals surface area contributed by atoms with Crippen LogP contribution in [-0.4, -0.2) is 51.6 Å². The summed E-state index contributed by atoms with van der Waals surface area (Å²) in [5.74, 6) is -4.47. The number of ether oxygens (including phenoxy) is 2. The van der Waals surface area contributed by atoms with Gasteiger partial charge < -0.3 is 19.7 Å². The van der Waals surface area contributed by atoms with Gasteiger partial charge in [-0.05, 0) is 67.9 Å². The summed E-state index contributed by atoms with van der Waals surface area (Å²) in [6.07, 6.45) is 1.31. The Morgan fingerprint density at radius 1 is 1.07 bits per heavy atom. The minimum Gasteiger partial charge on any atom is -0.478 e. The highest BCUT2D eigenvalue weighted by Gasteiger charge is 2.78. The highest BCUT2D eigenvalue weighted by atomic mass is 19.1. The summed E-state index contributed by atoms with van der Waals surface area (Å²) in [6.45, 7) is 11.2. The molecule has 0 aromatic heterocycles. The predicted octanol–water partition coefficient (Wildman–Crippen LogP) is 6.09. The number of allylic oxidation sites excluding steroid dienone is 4. The molecule has 0 saturated heterocycles. The van der Waals surface area contributed by atoms with Crippen LogP contribution in [0.4, 0.5) is 13.6 Å². The molecular weight excluding hydrogens is 534 g/mol. The maximum absolute atomic E-state index is 17.5. The molecule has 0 aliphatic heterocycles. The third-order valence-electron chi connectivity index (χ3n) is 13.7. The second-order valence-corrected chi connectivity index (χ2v) is 15.1. The van der Waals surface area contributed by atoms with E-state index >= 15 is 8.78 Å². The number of carbonyl (C=O) groups is 3. The van der Waals surface area contributed by atoms with Crippen LogP contribution < -0.4 is 0 Å². The number of alkyl halides is 1. The zero-order valence-corrected chi connectivity index (χ0v) is 24.8. The number of carboxylic acid groups (broad SMARTS) is 1. The van der Waals surface area contributed by atoms with Crippen LogP contribution in [0.3, 0.4) is 0 Å². The van der Waals surface area contributed by atoms with Crippen LogP contribution >= 0.6 is 0 Å². The maximum atomic E-state index is 17.5. The maximum Gasteiger partial charge on any atom is 0.509 e. The molecule has 2 bridgehead atoms. The molecule has 0 aromatic rings. The normalized spacial score (nSPS) is 51.2. The average molecular weight is 577 g/mol. The van der Waals surface area contributed by atoms with Gasteiger partial charge in [0, 0.05) is 40.9 Å². The molecule has 41 heavy (non-hydrogen) atoms. The predicted molar refractivity (Wildman–Crippen MR) is 144 cm³/mol. The van der Waals surface area contributed by atoms with Gasteiger partial charge in [0.15, 0.2) is 11.5 Å². The van der Waals surface area contributed by atoms with E-state index in [1.165, 1.54) is 19.1 Å². The lowest BCUT2D eigenvalue weighted by atomic mass is 9.45. The number of aliphatic hydroxyl groups is 1. The van der Waals surface area contributed by atoms with Gasteiger partial charge >= 0.3 is 12.1 Å². The molecule has 0 aromatic carbocycles. The summed E-state index contributed by atoms with van der Waals surface area (Å²) < 4.78 is 44.9. The third kappa shape index (κ3) is 3.19. The quantitative estimate of drug-likeness (QED) is 0.391. The lowest BCUT2D eigenvalue weighted by Crippen LogP contribution is -2.69. The molecule has 0 radical (unpaired) electrons. The standard InChI is InChI=1S/C32H42F2O7/c1-16-11-19-20-14-22(33)21-13-18(35)8-10-28(21,4)31(20,34)23(36)15-30(19,6)32(16,25(37)38)41-26(39)40-24-12-17-7-9-29(24,5)27(17,2)3/h8,10,16-17,19-20,23-24,36H,7,9,11-15H2,1-6H3,(H,37,38)/t16-,17+,19+,20+,23+,24+,28+,29-,30+,31+,32+/m1/s1. The van der Waals surface area contributed by atoms with Crippen LogP contribution in [0.1, 0.15) is 86.5 Å². The summed E-state index contributed by atoms with van der Waals surface area (Å²) in [6, 6.07) is 0. The Hall–Kier alpha value is -2.29. The van der Waals surface area contributed by atoms with E-state index in [0.717, 1.165) is 12.8 Å². The van der Waals surface area contributed by atoms with Crippen LogP contribution in [0.15, 0.2) is 23.6 Å². The zero-order chi connectivity index (χ0) is 30.1. The summed E-state index contributed by atoms with van der Waals surface area (Å²) in [4.78, 5) is 38.7. The van der Waals surface area contributed by atoms with E-state index in [0.29, 0.717) is 12.3 Å². The number of hydrogen-bond donors (Lipinski definition) is 2. The summed E-state index contributed by atoms with van der Waals surface area (Å²) in [5, 5.41) is 22.3. The number of aliphatic hydroxyl groups excluding tert-OH is 1. The first kappa shape index (κ1) is 28.8. The number of rotatable bonds is 3. The van der Waals surface area contributed by atoms with Gasteiger partial charge in [0.1, 0.15) is 11.9 Å². The van der Waals surface area contributed by atoms with E-state index < -0.39 is 70.0 Å². The van der Waals surface area contributed by atoms with Gasteiger partial charge in [-0.1, -0.05) is 40.7 Å². The van der Waals surface area contributed by atoms with Crippen molar-refractivity contribution in [2.24, 2.45) is 45.3 Å². The van der Waals surface area contributed by atoms with Crippen molar-refractivity contribution >= 4 is 17.9 Å². The Balaban J connectivity index is 1.35. The van der Waals surface area contributed by atoms with Gasteiger partial charge in [-0.3, -0.25) is 4.79 Å². The number of carbonyl (C=O) groups excluding carboxylic acids is 2. The number of aliphatic carboxylic acids is 1. The Morgan fingerprint density at radius 3 is 2.34 bits per heavy atom. The van der Waals surface area contributed by atoms with Crippen LogP contribution in [0.25, 0.3) is 0 Å². The summed E-state index contributed by atoms with van der Waals surface area (Å²) in [5.41, 5.74) is -7.66. The van der Waals surface area contributed by atoms with Gasteiger partial charge in [-0.15, -0.1) is 0 Å². The Kier molecular flexibility index (Phi) is 5.91. The molecule has 11 atom stereocenters. The van der Waals surface area contributed by atoms with Crippen molar-refractivity contribution in [3.05, 3.63) is 23.6 Å². The van der Waals surface area contributed by atoms with E-state index in [2.05, 4.69) is 20.8 Å². The van der Waals surface area contributed by atoms with Crippen molar-refractivity contribution in [1.29, 1.82) is 0 Å². The van der Waals surface area contributed by atoms with E-state index in [-0.39, 0.29) is 47.9 Å². The van der Waals surface area contributed by atoms with Crippen molar-refractivity contribution in [2.75, 3.05) is 0 Å².